The number of rotatable bonds is 6. The second-order valence-corrected chi connectivity index (χ2v) is 8.20. The summed E-state index contributed by atoms with van der Waals surface area (Å²) in [7, 11) is 1.28. The maximum Gasteiger partial charge on any atom is 0.350 e. The van der Waals surface area contributed by atoms with Gasteiger partial charge in [-0.2, -0.15) is 0 Å². The van der Waals surface area contributed by atoms with Gasteiger partial charge in [0.2, 0.25) is 11.8 Å². The smallest absolute Gasteiger partial charge is 0.350 e. The molecule has 2 N–H and O–H groups in total. The first-order chi connectivity index (χ1) is 13.9. The van der Waals surface area contributed by atoms with Crippen LogP contribution in [0.5, 0.6) is 0 Å². The number of amides is 2. The van der Waals surface area contributed by atoms with Gasteiger partial charge in [-0.05, 0) is 49.0 Å². The van der Waals surface area contributed by atoms with E-state index in [1.807, 2.05) is 0 Å². The van der Waals surface area contributed by atoms with Crippen LogP contribution in [0.2, 0.25) is 10.0 Å². The number of benzene rings is 1. The summed E-state index contributed by atoms with van der Waals surface area (Å²) >= 11 is 13.3. The zero-order chi connectivity index (χ0) is 21.0. The Morgan fingerprint density at radius 1 is 1.21 bits per heavy atom. The number of nitrogens with zero attached hydrogens (tertiary/aromatic N) is 1. The van der Waals surface area contributed by atoms with Crippen LogP contribution in [0.4, 0.5) is 11.4 Å². The number of hydrogen-bond donors (Lipinski definition) is 2. The number of carbonyl (C=O) groups excluding carboxylic acids is 3. The van der Waals surface area contributed by atoms with Gasteiger partial charge in [0.15, 0.2) is 0 Å². The summed E-state index contributed by atoms with van der Waals surface area (Å²) < 4.78 is 4.71. The molecule has 1 aliphatic rings. The van der Waals surface area contributed by atoms with Crippen LogP contribution in [-0.2, 0) is 14.3 Å². The van der Waals surface area contributed by atoms with Gasteiger partial charge >= 0.3 is 5.97 Å². The Bertz CT molecular complexity index is 934. The molecule has 2 aromatic rings. The predicted molar refractivity (Wildman–Crippen MR) is 114 cm³/mol. The molecule has 1 unspecified atom stereocenters. The van der Waals surface area contributed by atoms with E-state index >= 15 is 0 Å². The number of likely N-dealkylation sites (tertiary alicyclic amines) is 1. The Hall–Kier alpha value is -2.13. The molecule has 10 heteroatoms. The topological polar surface area (TPSA) is 87.7 Å². The van der Waals surface area contributed by atoms with Crippen LogP contribution in [0.1, 0.15) is 22.5 Å². The summed E-state index contributed by atoms with van der Waals surface area (Å²) in [5.41, 5.74) is 0.833. The molecule has 7 nitrogen and oxygen atoms in total. The lowest BCUT2D eigenvalue weighted by molar-refractivity contribution is -0.122. The molecular weight excluding hydrogens is 437 g/mol. The molecule has 0 radical (unpaired) electrons. The van der Waals surface area contributed by atoms with E-state index in [1.165, 1.54) is 18.4 Å². The van der Waals surface area contributed by atoms with Crippen molar-refractivity contribution in [2.75, 3.05) is 30.8 Å². The van der Waals surface area contributed by atoms with Gasteiger partial charge in [-0.25, -0.2) is 4.79 Å². The Kier molecular flexibility index (Phi) is 7.13. The Labute approximate surface area is 181 Å². The Morgan fingerprint density at radius 3 is 2.76 bits per heavy atom. The number of ether oxygens (including phenoxy) is 1. The molecule has 0 saturated carbocycles. The third kappa shape index (κ3) is 5.27. The van der Waals surface area contributed by atoms with Gasteiger partial charge in [0.1, 0.15) is 4.88 Å². The highest BCUT2D eigenvalue weighted by atomic mass is 35.5. The minimum Gasteiger partial charge on any atom is -0.465 e. The molecule has 29 heavy (non-hydrogen) atoms. The quantitative estimate of drug-likeness (QED) is 0.645. The lowest BCUT2D eigenvalue weighted by Gasteiger charge is -2.23. The standard InChI is InChI=1S/C19H19Cl2N3O4S/c1-28-19(27)17-13(6-8-29-17)22-16(25)10-24-7-2-3-15(24)18(26)23-14-9-11(20)4-5-12(14)21/h4-6,8-9,15H,2-3,7,10H2,1H3,(H,22,25)(H,23,26). The van der Waals surface area contributed by atoms with E-state index in [9.17, 15) is 14.4 Å². The fourth-order valence-corrected chi connectivity index (χ4v) is 4.26. The van der Waals surface area contributed by atoms with Crippen molar-refractivity contribution in [2.24, 2.45) is 0 Å². The average Bonchev–Trinajstić information content (AvgIpc) is 3.33. The minimum absolute atomic E-state index is 0.0256. The number of anilines is 2. The summed E-state index contributed by atoms with van der Waals surface area (Å²) in [5.74, 6) is -1.06. The molecule has 2 heterocycles. The van der Waals surface area contributed by atoms with E-state index in [2.05, 4.69) is 10.6 Å². The molecular formula is C19H19Cl2N3O4S. The molecule has 0 aliphatic carbocycles. The molecule has 0 spiro atoms. The van der Waals surface area contributed by atoms with Crippen LogP contribution >= 0.6 is 34.5 Å². The molecule has 1 saturated heterocycles. The van der Waals surface area contributed by atoms with Crippen molar-refractivity contribution in [1.29, 1.82) is 0 Å². The number of esters is 1. The van der Waals surface area contributed by atoms with Crippen LogP contribution in [0.3, 0.4) is 0 Å². The van der Waals surface area contributed by atoms with Crippen LogP contribution in [0, 0.1) is 0 Å². The normalized spacial score (nSPS) is 16.4. The zero-order valence-electron chi connectivity index (χ0n) is 15.5. The SMILES string of the molecule is COC(=O)c1sccc1NC(=O)CN1CCCC1C(=O)Nc1cc(Cl)ccc1Cl. The fraction of sp³-hybridized carbons (Fsp3) is 0.316. The molecule has 1 aromatic carbocycles. The molecule has 1 aliphatic heterocycles. The minimum atomic E-state index is -0.507. The summed E-state index contributed by atoms with van der Waals surface area (Å²) in [6.07, 6.45) is 1.42. The molecule has 154 valence electrons. The van der Waals surface area contributed by atoms with E-state index in [0.29, 0.717) is 39.3 Å². The van der Waals surface area contributed by atoms with Crippen molar-refractivity contribution in [3.05, 3.63) is 44.6 Å². The molecule has 1 aromatic heterocycles. The average molecular weight is 456 g/mol. The maximum atomic E-state index is 12.7. The van der Waals surface area contributed by atoms with E-state index in [0.717, 1.165) is 6.42 Å². The third-order valence-electron chi connectivity index (χ3n) is 4.51. The molecule has 3 rings (SSSR count). The predicted octanol–water partition coefficient (Wildman–Crippen LogP) is 3.88. The lowest BCUT2D eigenvalue weighted by atomic mass is 10.2. The third-order valence-corrected chi connectivity index (χ3v) is 5.97. The van der Waals surface area contributed by atoms with Crippen molar-refractivity contribution >= 4 is 63.7 Å². The van der Waals surface area contributed by atoms with Crippen LogP contribution in [0.15, 0.2) is 29.6 Å². The monoisotopic (exact) mass is 455 g/mol. The number of hydrogen-bond acceptors (Lipinski definition) is 6. The Morgan fingerprint density at radius 2 is 2.00 bits per heavy atom. The van der Waals surface area contributed by atoms with Crippen LogP contribution in [-0.4, -0.2) is 48.9 Å². The second kappa shape index (κ2) is 9.58. The molecule has 1 atom stereocenters. The number of thiophene rings is 1. The number of methoxy groups -OCH3 is 1. The van der Waals surface area contributed by atoms with Gasteiger partial charge in [0.25, 0.3) is 0 Å². The van der Waals surface area contributed by atoms with Gasteiger partial charge in [-0.1, -0.05) is 23.2 Å². The van der Waals surface area contributed by atoms with Crippen molar-refractivity contribution < 1.29 is 19.1 Å². The number of nitrogens with one attached hydrogen (secondary N) is 2. The van der Waals surface area contributed by atoms with E-state index < -0.39 is 12.0 Å². The first kappa shape index (κ1) is 21.6. The second-order valence-electron chi connectivity index (χ2n) is 6.45. The van der Waals surface area contributed by atoms with E-state index in [-0.39, 0.29) is 18.4 Å². The molecule has 0 bridgehead atoms. The van der Waals surface area contributed by atoms with Crippen molar-refractivity contribution in [2.45, 2.75) is 18.9 Å². The first-order valence-electron chi connectivity index (χ1n) is 8.84. The van der Waals surface area contributed by atoms with Crippen molar-refractivity contribution in [1.82, 2.24) is 4.90 Å². The van der Waals surface area contributed by atoms with E-state index in [1.54, 1.807) is 34.5 Å². The Balaban J connectivity index is 1.62. The zero-order valence-corrected chi connectivity index (χ0v) is 17.9. The summed E-state index contributed by atoms with van der Waals surface area (Å²) in [5, 5.41) is 8.05. The van der Waals surface area contributed by atoms with Gasteiger partial charge in [-0.3, -0.25) is 14.5 Å². The highest BCUT2D eigenvalue weighted by molar-refractivity contribution is 7.12. The maximum absolute atomic E-state index is 12.7. The summed E-state index contributed by atoms with van der Waals surface area (Å²) in [4.78, 5) is 39.1. The summed E-state index contributed by atoms with van der Waals surface area (Å²) in [6.45, 7) is 0.639. The number of halogens is 2. The highest BCUT2D eigenvalue weighted by Crippen LogP contribution is 2.27. The van der Waals surface area contributed by atoms with Gasteiger partial charge < -0.3 is 15.4 Å². The number of carbonyl (C=O) groups is 3. The summed E-state index contributed by atoms with van der Waals surface area (Å²) in [6, 6.07) is 6.01. The van der Waals surface area contributed by atoms with Crippen molar-refractivity contribution in [3.8, 4) is 0 Å². The molecule has 2 amide bonds. The van der Waals surface area contributed by atoms with Crippen LogP contribution < -0.4 is 10.6 Å². The van der Waals surface area contributed by atoms with Gasteiger partial charge in [-0.15, -0.1) is 11.3 Å². The lowest BCUT2D eigenvalue weighted by Crippen LogP contribution is -2.43. The van der Waals surface area contributed by atoms with Crippen LogP contribution in [0.25, 0.3) is 0 Å². The molecule has 1 fully saturated rings. The first-order valence-corrected chi connectivity index (χ1v) is 10.5. The highest BCUT2D eigenvalue weighted by Gasteiger charge is 2.32. The van der Waals surface area contributed by atoms with Gasteiger partial charge in [0, 0.05) is 5.02 Å². The van der Waals surface area contributed by atoms with Crippen molar-refractivity contribution in [3.63, 3.8) is 0 Å². The fourth-order valence-electron chi connectivity index (χ4n) is 3.15. The largest absolute Gasteiger partial charge is 0.465 e. The van der Waals surface area contributed by atoms with Gasteiger partial charge in [0.05, 0.1) is 36.1 Å². The van der Waals surface area contributed by atoms with E-state index in [4.69, 9.17) is 27.9 Å².